The van der Waals surface area contributed by atoms with Gasteiger partial charge in [0.15, 0.2) is 5.76 Å². The van der Waals surface area contributed by atoms with Gasteiger partial charge >= 0.3 is 0 Å². The van der Waals surface area contributed by atoms with E-state index < -0.39 is 0 Å². The molecule has 3 heterocycles. The van der Waals surface area contributed by atoms with Crippen LogP contribution < -0.4 is 10.9 Å². The average Bonchev–Trinajstić information content (AvgIpc) is 3.39. The standard InChI is InChI=1S/C23H21N3O3S/c1-16-25-20(15-30-16)18-7-5-17(6-8-18)11-12-24-23(28)21-10-9-19(29-21)14-26-13-3-2-4-22(26)27/h2-10,13,15H,11-12,14H2,1H3,(H,24,28). The van der Waals surface area contributed by atoms with E-state index in [-0.39, 0.29) is 23.8 Å². The van der Waals surface area contributed by atoms with E-state index in [0.717, 1.165) is 28.2 Å². The largest absolute Gasteiger partial charge is 0.454 e. The minimum Gasteiger partial charge on any atom is -0.454 e. The van der Waals surface area contributed by atoms with Gasteiger partial charge in [-0.2, -0.15) is 0 Å². The molecule has 0 bridgehead atoms. The van der Waals surface area contributed by atoms with Crippen LogP contribution in [-0.4, -0.2) is 22.0 Å². The number of pyridine rings is 1. The molecule has 0 spiro atoms. The van der Waals surface area contributed by atoms with Gasteiger partial charge in [-0.1, -0.05) is 30.3 Å². The molecule has 3 aromatic heterocycles. The predicted octanol–water partition coefficient (Wildman–Crippen LogP) is 3.89. The van der Waals surface area contributed by atoms with Crippen molar-refractivity contribution in [1.29, 1.82) is 0 Å². The summed E-state index contributed by atoms with van der Waals surface area (Å²) < 4.78 is 7.12. The van der Waals surface area contributed by atoms with Crippen LogP contribution in [-0.2, 0) is 13.0 Å². The number of nitrogens with zero attached hydrogens (tertiary/aromatic N) is 2. The molecule has 0 saturated heterocycles. The number of hydrogen-bond acceptors (Lipinski definition) is 5. The maximum Gasteiger partial charge on any atom is 0.287 e. The number of amides is 1. The number of rotatable bonds is 7. The zero-order valence-electron chi connectivity index (χ0n) is 16.5. The monoisotopic (exact) mass is 419 g/mol. The van der Waals surface area contributed by atoms with E-state index >= 15 is 0 Å². The quantitative estimate of drug-likeness (QED) is 0.493. The topological polar surface area (TPSA) is 77.1 Å². The van der Waals surface area contributed by atoms with Crippen LogP contribution >= 0.6 is 11.3 Å². The van der Waals surface area contributed by atoms with E-state index in [4.69, 9.17) is 4.42 Å². The van der Waals surface area contributed by atoms with Gasteiger partial charge < -0.3 is 14.3 Å². The molecule has 0 radical (unpaired) electrons. The summed E-state index contributed by atoms with van der Waals surface area (Å²) >= 11 is 1.64. The van der Waals surface area contributed by atoms with Gasteiger partial charge in [-0.3, -0.25) is 9.59 Å². The van der Waals surface area contributed by atoms with Crippen molar-refractivity contribution in [3.05, 3.63) is 98.6 Å². The second-order valence-corrected chi connectivity index (χ2v) is 7.95. The van der Waals surface area contributed by atoms with Gasteiger partial charge in [-0.15, -0.1) is 11.3 Å². The molecule has 30 heavy (non-hydrogen) atoms. The van der Waals surface area contributed by atoms with Crippen LogP contribution in [0.2, 0.25) is 0 Å². The summed E-state index contributed by atoms with van der Waals surface area (Å²) in [6.07, 6.45) is 2.40. The Hall–Kier alpha value is -3.45. The van der Waals surface area contributed by atoms with Gasteiger partial charge in [0.05, 0.1) is 17.2 Å². The lowest BCUT2D eigenvalue weighted by atomic mass is 10.1. The van der Waals surface area contributed by atoms with Gasteiger partial charge in [-0.05, 0) is 37.1 Å². The van der Waals surface area contributed by atoms with Gasteiger partial charge in [0.1, 0.15) is 5.76 Å². The molecular formula is C23H21N3O3S. The number of aryl methyl sites for hydroxylation is 1. The highest BCUT2D eigenvalue weighted by Gasteiger charge is 2.11. The molecule has 4 rings (SSSR count). The number of carbonyl (C=O) groups excluding carboxylic acids is 1. The van der Waals surface area contributed by atoms with Gasteiger partial charge in [0.2, 0.25) is 0 Å². The predicted molar refractivity (Wildman–Crippen MR) is 117 cm³/mol. The number of benzene rings is 1. The number of hydrogen-bond donors (Lipinski definition) is 1. The highest BCUT2D eigenvalue weighted by Crippen LogP contribution is 2.21. The molecule has 1 aromatic carbocycles. The summed E-state index contributed by atoms with van der Waals surface area (Å²) in [5, 5.41) is 5.98. The second-order valence-electron chi connectivity index (χ2n) is 6.89. The number of nitrogens with one attached hydrogen (secondary N) is 1. The summed E-state index contributed by atoms with van der Waals surface area (Å²) in [5.41, 5.74) is 3.10. The molecule has 1 amide bonds. The maximum atomic E-state index is 12.3. The van der Waals surface area contributed by atoms with Crippen LogP contribution in [0.4, 0.5) is 0 Å². The fourth-order valence-corrected chi connectivity index (χ4v) is 3.71. The Balaban J connectivity index is 1.29. The summed E-state index contributed by atoms with van der Waals surface area (Å²) in [6, 6.07) is 16.5. The van der Waals surface area contributed by atoms with Crippen molar-refractivity contribution in [2.45, 2.75) is 19.9 Å². The van der Waals surface area contributed by atoms with Crippen molar-refractivity contribution < 1.29 is 9.21 Å². The number of carbonyl (C=O) groups is 1. The molecule has 0 aliphatic heterocycles. The molecule has 0 fully saturated rings. The number of aromatic nitrogens is 2. The first-order valence-electron chi connectivity index (χ1n) is 9.62. The molecule has 152 valence electrons. The number of furan rings is 1. The van der Waals surface area contributed by atoms with E-state index in [0.29, 0.717) is 12.3 Å². The molecule has 0 aliphatic rings. The van der Waals surface area contributed by atoms with E-state index in [1.807, 2.05) is 6.92 Å². The highest BCUT2D eigenvalue weighted by atomic mass is 32.1. The van der Waals surface area contributed by atoms with Crippen molar-refractivity contribution >= 4 is 17.2 Å². The zero-order valence-corrected chi connectivity index (χ0v) is 17.3. The highest BCUT2D eigenvalue weighted by molar-refractivity contribution is 7.09. The van der Waals surface area contributed by atoms with Crippen molar-refractivity contribution in [1.82, 2.24) is 14.9 Å². The fourth-order valence-electron chi connectivity index (χ4n) is 3.09. The Morgan fingerprint density at radius 2 is 1.97 bits per heavy atom. The Morgan fingerprint density at radius 1 is 1.13 bits per heavy atom. The lowest BCUT2D eigenvalue weighted by molar-refractivity contribution is 0.0924. The maximum absolute atomic E-state index is 12.3. The molecule has 0 saturated carbocycles. The first kappa shape index (κ1) is 19.8. The van der Waals surface area contributed by atoms with Crippen molar-refractivity contribution in [3.63, 3.8) is 0 Å². The van der Waals surface area contributed by atoms with Crippen molar-refractivity contribution in [2.75, 3.05) is 6.54 Å². The lowest BCUT2D eigenvalue weighted by Gasteiger charge is -2.05. The van der Waals surface area contributed by atoms with Crippen molar-refractivity contribution in [3.8, 4) is 11.3 Å². The second kappa shape index (κ2) is 8.92. The van der Waals surface area contributed by atoms with Crippen LogP contribution in [0.5, 0.6) is 0 Å². The molecule has 0 aliphatic carbocycles. The van der Waals surface area contributed by atoms with Gasteiger partial charge in [0, 0.05) is 29.8 Å². The lowest BCUT2D eigenvalue weighted by Crippen LogP contribution is -2.25. The SMILES string of the molecule is Cc1nc(-c2ccc(CCNC(=O)c3ccc(Cn4ccccc4=O)o3)cc2)cs1. The molecule has 6 nitrogen and oxygen atoms in total. The third kappa shape index (κ3) is 4.75. The molecule has 0 atom stereocenters. The Labute approximate surface area is 177 Å². The smallest absolute Gasteiger partial charge is 0.287 e. The van der Waals surface area contributed by atoms with Gasteiger partial charge in [-0.25, -0.2) is 4.98 Å². The van der Waals surface area contributed by atoms with Crippen LogP contribution in [0.15, 0.2) is 75.4 Å². The minimum absolute atomic E-state index is 0.115. The van der Waals surface area contributed by atoms with Crippen LogP contribution in [0, 0.1) is 6.92 Å². The third-order valence-electron chi connectivity index (χ3n) is 4.68. The van der Waals surface area contributed by atoms with Crippen LogP contribution in [0.1, 0.15) is 26.9 Å². The van der Waals surface area contributed by atoms with Crippen molar-refractivity contribution in [2.24, 2.45) is 0 Å². The molecule has 0 unspecified atom stereocenters. The number of thiazole rings is 1. The van der Waals surface area contributed by atoms with Gasteiger partial charge in [0.25, 0.3) is 11.5 Å². The molecule has 7 heteroatoms. The van der Waals surface area contributed by atoms with E-state index in [1.165, 1.54) is 10.6 Å². The molecule has 4 aromatic rings. The fraction of sp³-hybridized carbons (Fsp3) is 0.174. The Morgan fingerprint density at radius 3 is 2.70 bits per heavy atom. The van der Waals surface area contributed by atoms with E-state index in [1.54, 1.807) is 41.8 Å². The third-order valence-corrected chi connectivity index (χ3v) is 5.45. The summed E-state index contributed by atoms with van der Waals surface area (Å²) in [5.74, 6) is 0.528. The summed E-state index contributed by atoms with van der Waals surface area (Å²) in [7, 11) is 0. The normalized spacial score (nSPS) is 10.8. The molecular weight excluding hydrogens is 398 g/mol. The average molecular weight is 420 g/mol. The summed E-state index contributed by atoms with van der Waals surface area (Å²) in [6.45, 7) is 2.79. The first-order valence-corrected chi connectivity index (χ1v) is 10.5. The van der Waals surface area contributed by atoms with E-state index in [9.17, 15) is 9.59 Å². The van der Waals surface area contributed by atoms with Crippen LogP contribution in [0.25, 0.3) is 11.3 Å². The zero-order chi connectivity index (χ0) is 20.9. The Bertz CT molecular complexity index is 1200. The van der Waals surface area contributed by atoms with E-state index in [2.05, 4.69) is 39.9 Å². The Kier molecular flexibility index (Phi) is 5.90. The summed E-state index contributed by atoms with van der Waals surface area (Å²) in [4.78, 5) is 28.6. The minimum atomic E-state index is -0.267. The van der Waals surface area contributed by atoms with Crippen LogP contribution in [0.3, 0.4) is 0 Å². The molecule has 1 N–H and O–H groups in total. The first-order chi connectivity index (χ1) is 14.6.